The van der Waals surface area contributed by atoms with E-state index < -0.39 is 0 Å². The number of hydrogen-bond acceptors (Lipinski definition) is 4. The minimum atomic E-state index is 0.103. The highest BCUT2D eigenvalue weighted by Crippen LogP contribution is 2.34. The Morgan fingerprint density at radius 2 is 1.87 bits per heavy atom. The molecule has 0 atom stereocenters. The number of thiazole rings is 1. The number of aromatic nitrogens is 1. The second kappa shape index (κ2) is 6.23. The molecule has 2 saturated carbocycles. The third kappa shape index (κ3) is 3.27. The molecule has 2 amide bonds. The first-order valence-corrected chi connectivity index (χ1v) is 9.60. The minimum Gasteiger partial charge on any atom is -0.337 e. The summed E-state index contributed by atoms with van der Waals surface area (Å²) >= 11 is 1.54. The lowest BCUT2D eigenvalue weighted by atomic mass is 9.88. The summed E-state index contributed by atoms with van der Waals surface area (Å²) in [6, 6.07) is 0. The molecule has 0 aromatic carbocycles. The Morgan fingerprint density at radius 3 is 2.61 bits per heavy atom. The average molecular weight is 333 g/mol. The zero-order chi connectivity index (χ0) is 15.8. The Kier molecular flexibility index (Phi) is 4.09. The van der Waals surface area contributed by atoms with E-state index in [2.05, 4.69) is 10.3 Å². The molecule has 2 aliphatic carbocycles. The van der Waals surface area contributed by atoms with Crippen molar-refractivity contribution < 1.29 is 9.59 Å². The number of rotatable bonds is 3. The van der Waals surface area contributed by atoms with Gasteiger partial charge in [0.15, 0.2) is 5.13 Å². The van der Waals surface area contributed by atoms with E-state index in [1.165, 1.54) is 30.6 Å². The summed E-state index contributed by atoms with van der Waals surface area (Å²) in [6.07, 6.45) is 8.56. The highest BCUT2D eigenvalue weighted by Gasteiger charge is 2.32. The smallest absolute Gasteiger partial charge is 0.229 e. The van der Waals surface area contributed by atoms with E-state index in [1.807, 2.05) is 4.90 Å². The van der Waals surface area contributed by atoms with Crippen molar-refractivity contribution in [3.05, 3.63) is 10.6 Å². The average Bonchev–Trinajstić information content (AvgIpc) is 3.35. The molecule has 2 fully saturated rings. The van der Waals surface area contributed by atoms with Crippen LogP contribution in [0.3, 0.4) is 0 Å². The van der Waals surface area contributed by atoms with Gasteiger partial charge < -0.3 is 10.2 Å². The van der Waals surface area contributed by atoms with Crippen LogP contribution in [0.25, 0.3) is 0 Å². The molecule has 1 aliphatic heterocycles. The van der Waals surface area contributed by atoms with Gasteiger partial charge in [-0.25, -0.2) is 4.98 Å². The molecule has 0 spiro atoms. The first kappa shape index (κ1) is 15.1. The van der Waals surface area contributed by atoms with Crippen LogP contribution >= 0.6 is 11.3 Å². The first-order valence-electron chi connectivity index (χ1n) is 8.79. The van der Waals surface area contributed by atoms with Gasteiger partial charge in [0, 0.05) is 29.7 Å². The van der Waals surface area contributed by atoms with Gasteiger partial charge in [-0.2, -0.15) is 0 Å². The molecule has 1 aromatic rings. The fraction of sp³-hybridized carbons (Fsp3) is 0.706. The minimum absolute atomic E-state index is 0.103. The summed E-state index contributed by atoms with van der Waals surface area (Å²) in [6.45, 7) is 1.43. The summed E-state index contributed by atoms with van der Waals surface area (Å²) in [5.41, 5.74) is 1.06. The van der Waals surface area contributed by atoms with Crippen LogP contribution in [0.4, 0.5) is 5.13 Å². The van der Waals surface area contributed by atoms with Crippen LogP contribution in [0.1, 0.15) is 55.5 Å². The summed E-state index contributed by atoms with van der Waals surface area (Å²) in [5, 5.41) is 3.64. The zero-order valence-electron chi connectivity index (χ0n) is 13.3. The van der Waals surface area contributed by atoms with Gasteiger partial charge in [-0.3, -0.25) is 9.59 Å². The van der Waals surface area contributed by atoms with Crippen LogP contribution in [0.5, 0.6) is 0 Å². The Labute approximate surface area is 140 Å². The van der Waals surface area contributed by atoms with E-state index in [-0.39, 0.29) is 17.7 Å². The molecule has 124 valence electrons. The maximum absolute atomic E-state index is 12.7. The number of carbonyl (C=O) groups excluding carboxylic acids is 2. The number of amides is 2. The molecule has 0 unspecified atom stereocenters. The van der Waals surface area contributed by atoms with Crippen molar-refractivity contribution in [2.24, 2.45) is 11.8 Å². The van der Waals surface area contributed by atoms with Gasteiger partial charge in [-0.05, 0) is 25.7 Å². The van der Waals surface area contributed by atoms with Gasteiger partial charge in [0.2, 0.25) is 11.8 Å². The first-order chi connectivity index (χ1) is 11.2. The number of anilines is 1. The third-order valence-corrected chi connectivity index (χ3v) is 6.17. The van der Waals surface area contributed by atoms with Gasteiger partial charge in [-0.1, -0.05) is 30.6 Å². The molecular weight excluding hydrogens is 310 g/mol. The van der Waals surface area contributed by atoms with E-state index in [0.29, 0.717) is 17.6 Å². The van der Waals surface area contributed by atoms with Crippen molar-refractivity contribution in [1.82, 2.24) is 9.88 Å². The topological polar surface area (TPSA) is 62.3 Å². The van der Waals surface area contributed by atoms with Crippen LogP contribution in [0.2, 0.25) is 0 Å². The van der Waals surface area contributed by atoms with E-state index in [0.717, 1.165) is 49.2 Å². The van der Waals surface area contributed by atoms with Crippen LogP contribution in [0, 0.1) is 11.8 Å². The van der Waals surface area contributed by atoms with Crippen LogP contribution in [0.15, 0.2) is 0 Å². The van der Waals surface area contributed by atoms with Crippen LogP contribution in [-0.4, -0.2) is 28.2 Å². The van der Waals surface area contributed by atoms with Crippen LogP contribution in [-0.2, 0) is 22.6 Å². The molecule has 2 heterocycles. The fourth-order valence-electron chi connectivity index (χ4n) is 3.60. The lowest BCUT2D eigenvalue weighted by molar-refractivity contribution is -0.137. The molecule has 23 heavy (non-hydrogen) atoms. The number of hydrogen-bond donors (Lipinski definition) is 1. The Balaban J connectivity index is 1.41. The third-order valence-electron chi connectivity index (χ3n) is 5.18. The highest BCUT2D eigenvalue weighted by molar-refractivity contribution is 7.15. The highest BCUT2D eigenvalue weighted by atomic mass is 32.1. The summed E-state index contributed by atoms with van der Waals surface area (Å²) in [4.78, 5) is 32.2. The van der Waals surface area contributed by atoms with Gasteiger partial charge in [0.25, 0.3) is 0 Å². The Morgan fingerprint density at radius 1 is 1.09 bits per heavy atom. The van der Waals surface area contributed by atoms with Crippen molar-refractivity contribution in [3.8, 4) is 0 Å². The van der Waals surface area contributed by atoms with Crippen molar-refractivity contribution in [2.75, 3.05) is 11.9 Å². The van der Waals surface area contributed by atoms with Crippen molar-refractivity contribution in [1.29, 1.82) is 0 Å². The Bertz CT molecular complexity index is 617. The SMILES string of the molecule is O=C(Nc1nc2c(s1)CN(C(=O)C1CCCCC1)CC2)C1CC1. The molecule has 3 aliphatic rings. The van der Waals surface area contributed by atoms with Gasteiger partial charge in [-0.15, -0.1) is 0 Å². The van der Waals surface area contributed by atoms with E-state index in [9.17, 15) is 9.59 Å². The maximum atomic E-state index is 12.7. The number of nitrogens with zero attached hydrogens (tertiary/aromatic N) is 2. The molecule has 0 bridgehead atoms. The van der Waals surface area contributed by atoms with Gasteiger partial charge in [0.1, 0.15) is 0 Å². The number of fused-ring (bicyclic) bond motifs is 1. The second-order valence-electron chi connectivity index (χ2n) is 7.00. The molecule has 1 N–H and O–H groups in total. The zero-order valence-corrected chi connectivity index (χ0v) is 14.2. The van der Waals surface area contributed by atoms with E-state index >= 15 is 0 Å². The van der Waals surface area contributed by atoms with Crippen LogP contribution < -0.4 is 5.32 Å². The normalized spacial score (nSPS) is 21.8. The Hall–Kier alpha value is -1.43. The molecule has 5 nitrogen and oxygen atoms in total. The van der Waals surface area contributed by atoms with Crippen molar-refractivity contribution in [2.45, 2.75) is 57.9 Å². The molecule has 0 radical (unpaired) electrons. The molecule has 6 heteroatoms. The molecule has 0 saturated heterocycles. The lowest BCUT2D eigenvalue weighted by Crippen LogP contribution is -2.40. The quantitative estimate of drug-likeness (QED) is 0.925. The molecule has 4 rings (SSSR count). The second-order valence-corrected chi connectivity index (χ2v) is 8.08. The van der Waals surface area contributed by atoms with Crippen molar-refractivity contribution in [3.63, 3.8) is 0 Å². The van der Waals surface area contributed by atoms with E-state index in [4.69, 9.17) is 0 Å². The monoisotopic (exact) mass is 333 g/mol. The fourth-order valence-corrected chi connectivity index (χ4v) is 4.62. The maximum Gasteiger partial charge on any atom is 0.229 e. The summed E-state index contributed by atoms with van der Waals surface area (Å²) in [5.74, 6) is 0.853. The summed E-state index contributed by atoms with van der Waals surface area (Å²) in [7, 11) is 0. The lowest BCUT2D eigenvalue weighted by Gasteiger charge is -2.31. The number of carbonyl (C=O) groups is 2. The molecular formula is C17H23N3O2S. The molecule has 1 aromatic heterocycles. The standard InChI is InChI=1S/C17H23N3O2S/c21-15(11-6-7-11)19-17-18-13-8-9-20(10-14(13)23-17)16(22)12-4-2-1-3-5-12/h11-12H,1-10H2,(H,18,19,21). The van der Waals surface area contributed by atoms with Gasteiger partial charge >= 0.3 is 0 Å². The largest absolute Gasteiger partial charge is 0.337 e. The van der Waals surface area contributed by atoms with Gasteiger partial charge in [0.05, 0.1) is 12.2 Å². The summed E-state index contributed by atoms with van der Waals surface area (Å²) < 4.78 is 0. The predicted octanol–water partition coefficient (Wildman–Crippen LogP) is 2.96. The number of nitrogens with one attached hydrogen (secondary N) is 1. The van der Waals surface area contributed by atoms with Crippen molar-refractivity contribution >= 4 is 28.3 Å². The predicted molar refractivity (Wildman–Crippen MR) is 89.2 cm³/mol. The van der Waals surface area contributed by atoms with E-state index in [1.54, 1.807) is 0 Å².